The van der Waals surface area contributed by atoms with E-state index in [1.807, 2.05) is 42.5 Å². The Morgan fingerprint density at radius 2 is 1.81 bits per heavy atom. The van der Waals surface area contributed by atoms with Gasteiger partial charge in [0.2, 0.25) is 5.13 Å². The molecule has 4 nitrogen and oxygen atoms in total. The Labute approximate surface area is 165 Å². The number of aromatic nitrogens is 2. The molecule has 2 aromatic carbocycles. The highest BCUT2D eigenvalue weighted by Crippen LogP contribution is 2.30. The first-order valence-electron chi connectivity index (χ1n) is 8.19. The zero-order chi connectivity index (χ0) is 18.4. The quantitative estimate of drug-likeness (QED) is 0.413. The lowest BCUT2D eigenvalue weighted by Crippen LogP contribution is -2.13. The number of nitrogens with zero attached hydrogens (tertiary/aromatic N) is 2. The number of thioether (sulfide) groups is 2. The van der Waals surface area contributed by atoms with Gasteiger partial charge in [0.1, 0.15) is 0 Å². The van der Waals surface area contributed by atoms with Crippen molar-refractivity contribution < 1.29 is 4.79 Å². The second-order valence-corrected chi connectivity index (χ2v) is 9.58. The second kappa shape index (κ2) is 9.21. The number of anilines is 1. The minimum absolute atomic E-state index is 0.149. The monoisotopic (exact) mass is 401 g/mol. The van der Waals surface area contributed by atoms with Crippen molar-refractivity contribution in [2.75, 3.05) is 5.32 Å². The zero-order valence-corrected chi connectivity index (χ0v) is 17.0. The Balaban J connectivity index is 1.63. The first-order chi connectivity index (χ1) is 12.6. The fourth-order valence-electron chi connectivity index (χ4n) is 2.21. The average Bonchev–Trinajstić information content (AvgIpc) is 3.08. The molecule has 3 rings (SSSR count). The van der Waals surface area contributed by atoms with Crippen LogP contribution in [0.1, 0.15) is 29.8 Å². The van der Waals surface area contributed by atoms with Gasteiger partial charge in [-0.3, -0.25) is 10.1 Å². The maximum absolute atomic E-state index is 12.6. The van der Waals surface area contributed by atoms with Crippen LogP contribution in [0.2, 0.25) is 0 Å². The lowest BCUT2D eigenvalue weighted by atomic mass is 10.2. The average molecular weight is 402 g/mol. The Morgan fingerprint density at radius 1 is 1.08 bits per heavy atom. The molecular formula is C19H19N3OS3. The van der Waals surface area contributed by atoms with Crippen molar-refractivity contribution >= 4 is 45.9 Å². The molecule has 0 radical (unpaired) electrons. The maximum atomic E-state index is 12.6. The predicted molar refractivity (Wildman–Crippen MR) is 111 cm³/mol. The molecule has 1 N–H and O–H groups in total. The molecule has 7 heteroatoms. The van der Waals surface area contributed by atoms with Crippen LogP contribution in [0.15, 0.2) is 63.8 Å². The van der Waals surface area contributed by atoms with E-state index in [1.165, 1.54) is 16.9 Å². The summed E-state index contributed by atoms with van der Waals surface area (Å²) in [5.74, 6) is 0.682. The SMILES string of the molecule is CC(C)Sc1ccccc1C(=O)Nc1nnc(SCc2ccccc2)s1. The summed E-state index contributed by atoms with van der Waals surface area (Å²) < 4.78 is 0.842. The summed E-state index contributed by atoms with van der Waals surface area (Å²) in [6.07, 6.45) is 0. The fraction of sp³-hybridized carbons (Fsp3) is 0.211. The standard InChI is InChI=1S/C19H19N3OS3/c1-13(2)25-16-11-7-6-10-15(16)17(23)20-18-21-22-19(26-18)24-12-14-8-4-3-5-9-14/h3-11,13H,12H2,1-2H3,(H,20,21,23). The van der Waals surface area contributed by atoms with Crippen molar-refractivity contribution in [3.05, 3.63) is 65.7 Å². The summed E-state index contributed by atoms with van der Waals surface area (Å²) in [4.78, 5) is 13.6. The van der Waals surface area contributed by atoms with Crippen LogP contribution in [0.3, 0.4) is 0 Å². The van der Waals surface area contributed by atoms with Crippen molar-refractivity contribution in [1.82, 2.24) is 10.2 Å². The summed E-state index contributed by atoms with van der Waals surface area (Å²) in [6.45, 7) is 4.22. The van der Waals surface area contributed by atoms with Gasteiger partial charge in [0, 0.05) is 15.9 Å². The van der Waals surface area contributed by atoms with Gasteiger partial charge in [0.15, 0.2) is 4.34 Å². The fourth-order valence-corrected chi connectivity index (χ4v) is 4.87. The minimum atomic E-state index is -0.149. The van der Waals surface area contributed by atoms with Gasteiger partial charge in [0.25, 0.3) is 5.91 Å². The van der Waals surface area contributed by atoms with Crippen LogP contribution < -0.4 is 5.32 Å². The first-order valence-corrected chi connectivity index (χ1v) is 10.9. The molecule has 1 amide bonds. The Hall–Kier alpha value is -1.83. The molecule has 1 aromatic heterocycles. The molecular weight excluding hydrogens is 382 g/mol. The number of amides is 1. The molecule has 1 heterocycles. The molecule has 0 aliphatic rings. The zero-order valence-electron chi connectivity index (χ0n) is 14.5. The lowest BCUT2D eigenvalue weighted by molar-refractivity contribution is 0.102. The number of rotatable bonds is 7. The van der Waals surface area contributed by atoms with Gasteiger partial charge in [-0.2, -0.15) is 0 Å². The normalized spacial score (nSPS) is 10.9. The summed E-state index contributed by atoms with van der Waals surface area (Å²) >= 11 is 4.69. The number of hydrogen-bond acceptors (Lipinski definition) is 6. The van der Waals surface area contributed by atoms with E-state index in [9.17, 15) is 4.79 Å². The van der Waals surface area contributed by atoms with Gasteiger partial charge >= 0.3 is 0 Å². The molecule has 0 spiro atoms. The number of carbonyl (C=O) groups excluding carboxylic acids is 1. The van der Waals surface area contributed by atoms with Crippen molar-refractivity contribution in [3.63, 3.8) is 0 Å². The predicted octanol–water partition coefficient (Wildman–Crippen LogP) is 5.58. The van der Waals surface area contributed by atoms with Gasteiger partial charge < -0.3 is 0 Å². The van der Waals surface area contributed by atoms with E-state index in [0.29, 0.717) is 15.9 Å². The van der Waals surface area contributed by atoms with Crippen LogP contribution >= 0.6 is 34.9 Å². The molecule has 0 atom stereocenters. The van der Waals surface area contributed by atoms with E-state index in [2.05, 4.69) is 41.5 Å². The highest BCUT2D eigenvalue weighted by Gasteiger charge is 2.15. The summed E-state index contributed by atoms with van der Waals surface area (Å²) in [5, 5.41) is 12.1. The molecule has 26 heavy (non-hydrogen) atoms. The summed E-state index contributed by atoms with van der Waals surface area (Å²) in [6, 6.07) is 17.9. The maximum Gasteiger partial charge on any atom is 0.258 e. The van der Waals surface area contributed by atoms with E-state index in [4.69, 9.17) is 0 Å². The summed E-state index contributed by atoms with van der Waals surface area (Å²) in [5.41, 5.74) is 1.90. The highest BCUT2D eigenvalue weighted by molar-refractivity contribution is 8.00. The first kappa shape index (κ1) is 18.9. The van der Waals surface area contributed by atoms with E-state index in [-0.39, 0.29) is 5.91 Å². The van der Waals surface area contributed by atoms with Gasteiger partial charge in [-0.1, -0.05) is 79.4 Å². The Kier molecular flexibility index (Phi) is 6.71. The van der Waals surface area contributed by atoms with Gasteiger partial charge in [-0.25, -0.2) is 0 Å². The number of carbonyl (C=O) groups is 1. The topological polar surface area (TPSA) is 54.9 Å². The molecule has 0 aliphatic carbocycles. The van der Waals surface area contributed by atoms with Crippen molar-refractivity contribution in [2.45, 2.75) is 34.1 Å². The smallest absolute Gasteiger partial charge is 0.258 e. The third kappa shape index (κ3) is 5.33. The van der Waals surface area contributed by atoms with Crippen molar-refractivity contribution in [3.8, 4) is 0 Å². The molecule has 0 saturated carbocycles. The van der Waals surface area contributed by atoms with Crippen LogP contribution in [0, 0.1) is 0 Å². The molecule has 0 fully saturated rings. The van der Waals surface area contributed by atoms with Gasteiger partial charge in [0.05, 0.1) is 5.56 Å². The van der Waals surface area contributed by atoms with Crippen LogP contribution in [-0.4, -0.2) is 21.4 Å². The van der Waals surface area contributed by atoms with E-state index in [0.717, 1.165) is 15.0 Å². The number of nitrogens with one attached hydrogen (secondary N) is 1. The van der Waals surface area contributed by atoms with Crippen LogP contribution in [0.25, 0.3) is 0 Å². The number of benzene rings is 2. The molecule has 0 saturated heterocycles. The van der Waals surface area contributed by atoms with E-state index < -0.39 is 0 Å². The Bertz CT molecular complexity index is 865. The molecule has 0 aliphatic heterocycles. The van der Waals surface area contributed by atoms with Crippen LogP contribution in [0.4, 0.5) is 5.13 Å². The molecule has 3 aromatic rings. The van der Waals surface area contributed by atoms with Gasteiger partial charge in [-0.15, -0.1) is 22.0 Å². The van der Waals surface area contributed by atoms with Crippen molar-refractivity contribution in [1.29, 1.82) is 0 Å². The third-order valence-electron chi connectivity index (χ3n) is 3.33. The molecule has 134 valence electrons. The largest absolute Gasteiger partial charge is 0.296 e. The van der Waals surface area contributed by atoms with Gasteiger partial charge in [-0.05, 0) is 17.7 Å². The highest BCUT2D eigenvalue weighted by atomic mass is 32.2. The van der Waals surface area contributed by atoms with Crippen LogP contribution in [-0.2, 0) is 5.75 Å². The Morgan fingerprint density at radius 3 is 2.58 bits per heavy atom. The molecule has 0 unspecified atom stereocenters. The summed E-state index contributed by atoms with van der Waals surface area (Å²) in [7, 11) is 0. The second-order valence-electron chi connectivity index (χ2n) is 5.76. The van der Waals surface area contributed by atoms with E-state index in [1.54, 1.807) is 23.5 Å². The van der Waals surface area contributed by atoms with E-state index >= 15 is 0 Å². The third-order valence-corrected chi connectivity index (χ3v) is 6.45. The number of hydrogen-bond donors (Lipinski definition) is 1. The lowest BCUT2D eigenvalue weighted by Gasteiger charge is -2.10. The minimum Gasteiger partial charge on any atom is -0.296 e. The molecule has 0 bridgehead atoms. The van der Waals surface area contributed by atoms with Crippen molar-refractivity contribution in [2.24, 2.45) is 0 Å². The van der Waals surface area contributed by atoms with Crippen LogP contribution in [0.5, 0.6) is 0 Å².